The van der Waals surface area contributed by atoms with Crippen LogP contribution in [0.3, 0.4) is 0 Å². The zero-order valence-electron chi connectivity index (χ0n) is 14.1. The molecule has 1 N–H and O–H groups in total. The zero-order chi connectivity index (χ0) is 18.6. The molecule has 2 aromatic carbocycles. The summed E-state index contributed by atoms with van der Waals surface area (Å²) in [5, 5.41) is 11.0. The van der Waals surface area contributed by atoms with Crippen molar-refractivity contribution in [2.24, 2.45) is 0 Å². The minimum Gasteiger partial charge on any atom is -0.306 e. The van der Waals surface area contributed by atoms with E-state index in [9.17, 15) is 9.18 Å². The van der Waals surface area contributed by atoms with Crippen molar-refractivity contribution in [2.75, 3.05) is 5.32 Å². The second-order valence-electron chi connectivity index (χ2n) is 5.74. The van der Waals surface area contributed by atoms with Crippen LogP contribution < -0.4 is 5.32 Å². The average molecular weight is 359 g/mol. The molecule has 2 heterocycles. The topological polar surface area (TPSA) is 72.7 Å². The molecule has 7 heteroatoms. The van der Waals surface area contributed by atoms with Gasteiger partial charge in [-0.05, 0) is 48.5 Å². The quantitative estimate of drug-likeness (QED) is 0.594. The van der Waals surface area contributed by atoms with E-state index >= 15 is 0 Å². The molecule has 0 radical (unpaired) electrons. The van der Waals surface area contributed by atoms with Crippen LogP contribution in [-0.4, -0.2) is 26.0 Å². The fourth-order valence-corrected chi connectivity index (χ4v) is 2.69. The third-order valence-electron chi connectivity index (χ3n) is 3.96. The molecular weight excluding hydrogens is 345 g/mol. The van der Waals surface area contributed by atoms with Gasteiger partial charge in [0.1, 0.15) is 17.2 Å². The van der Waals surface area contributed by atoms with Crippen molar-refractivity contribution in [3.63, 3.8) is 0 Å². The van der Waals surface area contributed by atoms with Crippen LogP contribution in [0.4, 0.5) is 14.9 Å². The zero-order valence-corrected chi connectivity index (χ0v) is 14.1. The molecule has 1 amide bonds. The Hall–Kier alpha value is -3.87. The first kappa shape index (κ1) is 16.6. The van der Waals surface area contributed by atoms with Crippen molar-refractivity contribution in [1.29, 1.82) is 0 Å². The molecule has 0 aliphatic heterocycles. The van der Waals surface area contributed by atoms with Crippen LogP contribution in [0.15, 0.2) is 79.1 Å². The summed E-state index contributed by atoms with van der Waals surface area (Å²) in [5.41, 5.74) is 2.99. The van der Waals surface area contributed by atoms with E-state index < -0.39 is 6.03 Å². The van der Waals surface area contributed by atoms with Gasteiger partial charge in [0.05, 0.1) is 0 Å². The van der Waals surface area contributed by atoms with E-state index in [1.54, 1.807) is 48.8 Å². The van der Waals surface area contributed by atoms with Gasteiger partial charge in [-0.15, -0.1) is 5.10 Å². The summed E-state index contributed by atoms with van der Waals surface area (Å²) >= 11 is 0. The molecule has 0 spiro atoms. The van der Waals surface area contributed by atoms with Crippen LogP contribution in [0, 0.1) is 5.82 Å². The Labute approximate surface area is 154 Å². The monoisotopic (exact) mass is 359 g/mol. The molecule has 0 aliphatic rings. The minimum absolute atomic E-state index is 0.349. The third kappa shape index (κ3) is 3.43. The Morgan fingerprint density at radius 3 is 2.30 bits per heavy atom. The molecular formula is C20H14FN5O. The SMILES string of the molecule is O=C(Nc1ccccc1)n1nnc(-c2ccc(F)cc2)c1-c1ccncc1. The molecule has 6 nitrogen and oxygen atoms in total. The first-order valence-electron chi connectivity index (χ1n) is 8.21. The van der Waals surface area contributed by atoms with Crippen LogP contribution in [0.2, 0.25) is 0 Å². The molecule has 132 valence electrons. The fourth-order valence-electron chi connectivity index (χ4n) is 2.69. The van der Waals surface area contributed by atoms with Gasteiger partial charge in [-0.1, -0.05) is 23.4 Å². The minimum atomic E-state index is -0.450. The lowest BCUT2D eigenvalue weighted by molar-refractivity contribution is 0.250. The number of carbonyl (C=O) groups excluding carboxylic acids is 1. The van der Waals surface area contributed by atoms with Crippen molar-refractivity contribution in [3.8, 4) is 22.5 Å². The van der Waals surface area contributed by atoms with Gasteiger partial charge < -0.3 is 5.32 Å². The van der Waals surface area contributed by atoms with E-state index in [-0.39, 0.29) is 5.82 Å². The van der Waals surface area contributed by atoms with Crippen LogP contribution in [0.5, 0.6) is 0 Å². The van der Waals surface area contributed by atoms with E-state index in [2.05, 4.69) is 20.6 Å². The van der Waals surface area contributed by atoms with Crippen molar-refractivity contribution in [2.45, 2.75) is 0 Å². The number of aromatic nitrogens is 4. The lowest BCUT2D eigenvalue weighted by Gasteiger charge is -2.09. The maximum absolute atomic E-state index is 13.3. The Kier molecular flexibility index (Phi) is 4.40. The maximum atomic E-state index is 13.3. The second kappa shape index (κ2) is 7.17. The van der Waals surface area contributed by atoms with E-state index in [0.717, 1.165) is 5.56 Å². The van der Waals surface area contributed by atoms with Crippen LogP contribution >= 0.6 is 0 Å². The molecule has 0 aliphatic carbocycles. The van der Waals surface area contributed by atoms with Gasteiger partial charge in [-0.25, -0.2) is 9.18 Å². The smallest absolute Gasteiger partial charge is 0.306 e. The summed E-state index contributed by atoms with van der Waals surface area (Å²) in [5.74, 6) is -0.349. The third-order valence-corrected chi connectivity index (χ3v) is 3.96. The number of para-hydroxylation sites is 1. The Morgan fingerprint density at radius 1 is 0.889 bits per heavy atom. The van der Waals surface area contributed by atoms with E-state index in [1.807, 2.05) is 18.2 Å². The standard InChI is InChI=1S/C20H14FN5O/c21-16-8-6-14(7-9-16)18-19(15-10-12-22-13-11-15)26(25-24-18)20(27)23-17-4-2-1-3-5-17/h1-13H,(H,23,27). The number of anilines is 1. The van der Waals surface area contributed by atoms with Gasteiger partial charge in [0, 0.05) is 29.2 Å². The molecule has 0 fully saturated rings. The highest BCUT2D eigenvalue weighted by atomic mass is 19.1. The molecule has 0 saturated heterocycles. The van der Waals surface area contributed by atoms with Crippen molar-refractivity contribution in [3.05, 3.63) is 84.9 Å². The number of rotatable bonds is 3. The largest absolute Gasteiger partial charge is 0.348 e. The molecule has 0 bridgehead atoms. The number of nitrogens with zero attached hydrogens (tertiary/aromatic N) is 4. The lowest BCUT2D eigenvalue weighted by Crippen LogP contribution is -2.21. The van der Waals surface area contributed by atoms with Crippen LogP contribution in [0.1, 0.15) is 0 Å². The van der Waals surface area contributed by atoms with Gasteiger partial charge >= 0.3 is 6.03 Å². The van der Waals surface area contributed by atoms with Gasteiger partial charge in [-0.2, -0.15) is 4.68 Å². The Balaban J connectivity index is 1.80. The summed E-state index contributed by atoms with van der Waals surface area (Å²) in [4.78, 5) is 16.8. The molecule has 0 saturated carbocycles. The van der Waals surface area contributed by atoms with Crippen molar-refractivity contribution >= 4 is 11.7 Å². The number of halogens is 1. The highest BCUT2D eigenvalue weighted by molar-refractivity contribution is 5.95. The normalized spacial score (nSPS) is 10.6. The Bertz CT molecular complexity index is 1060. The Morgan fingerprint density at radius 2 is 1.59 bits per heavy atom. The molecule has 0 unspecified atom stereocenters. The lowest BCUT2D eigenvalue weighted by atomic mass is 10.1. The average Bonchev–Trinajstić information content (AvgIpc) is 3.15. The van der Waals surface area contributed by atoms with Gasteiger partial charge in [0.2, 0.25) is 0 Å². The first-order chi connectivity index (χ1) is 13.2. The predicted octanol–water partition coefficient (Wildman–Crippen LogP) is 4.23. The fraction of sp³-hybridized carbons (Fsp3) is 0. The highest BCUT2D eigenvalue weighted by Gasteiger charge is 2.21. The number of nitrogens with one attached hydrogen (secondary N) is 1. The van der Waals surface area contributed by atoms with Crippen LogP contribution in [-0.2, 0) is 0 Å². The summed E-state index contributed by atoms with van der Waals surface area (Å²) in [6.45, 7) is 0. The number of benzene rings is 2. The van der Waals surface area contributed by atoms with Crippen LogP contribution in [0.25, 0.3) is 22.5 Å². The predicted molar refractivity (Wildman–Crippen MR) is 99.5 cm³/mol. The van der Waals surface area contributed by atoms with Gasteiger partial charge in [0.15, 0.2) is 0 Å². The van der Waals surface area contributed by atoms with E-state index in [0.29, 0.717) is 22.6 Å². The molecule has 4 rings (SSSR count). The summed E-state index contributed by atoms with van der Waals surface area (Å²) in [7, 11) is 0. The summed E-state index contributed by atoms with van der Waals surface area (Å²) in [6.07, 6.45) is 3.24. The molecule has 4 aromatic rings. The number of pyridine rings is 1. The first-order valence-corrected chi connectivity index (χ1v) is 8.21. The summed E-state index contributed by atoms with van der Waals surface area (Å²) < 4.78 is 14.5. The summed E-state index contributed by atoms with van der Waals surface area (Å²) in [6, 6.07) is 18.0. The van der Waals surface area contributed by atoms with E-state index in [4.69, 9.17) is 0 Å². The number of carbonyl (C=O) groups is 1. The molecule has 2 aromatic heterocycles. The highest BCUT2D eigenvalue weighted by Crippen LogP contribution is 2.30. The van der Waals surface area contributed by atoms with Gasteiger partial charge in [0.25, 0.3) is 0 Å². The van der Waals surface area contributed by atoms with Gasteiger partial charge in [-0.3, -0.25) is 4.98 Å². The molecule has 0 atom stereocenters. The number of amides is 1. The van der Waals surface area contributed by atoms with Crippen molar-refractivity contribution < 1.29 is 9.18 Å². The van der Waals surface area contributed by atoms with Crippen molar-refractivity contribution in [1.82, 2.24) is 20.0 Å². The maximum Gasteiger partial charge on any atom is 0.348 e. The van der Waals surface area contributed by atoms with E-state index in [1.165, 1.54) is 16.8 Å². The second-order valence-corrected chi connectivity index (χ2v) is 5.74. The number of hydrogen-bond donors (Lipinski definition) is 1. The number of hydrogen-bond acceptors (Lipinski definition) is 4. The molecule has 27 heavy (non-hydrogen) atoms.